The Kier molecular flexibility index (Phi) is 5.18. The Balaban J connectivity index is 2.10. The summed E-state index contributed by atoms with van der Waals surface area (Å²) in [6, 6.07) is -0.785. The van der Waals surface area contributed by atoms with Gasteiger partial charge in [-0.2, -0.15) is 0 Å². The van der Waals surface area contributed by atoms with Crippen LogP contribution in [0.1, 0.15) is 17.4 Å². The standard InChI is InChI=1S/C13H14ClFN2O2S2/c1-6-5-21-9(11(6)14)4-19-12(18)10-7(2)16-13(20)17-8(10)3-15/h5,8H,3-4H2,1-2H3,(H2,16,17,20). The molecule has 1 aliphatic heterocycles. The highest BCUT2D eigenvalue weighted by Gasteiger charge is 2.29. The first kappa shape index (κ1) is 16.2. The zero-order valence-corrected chi connectivity index (χ0v) is 13.8. The van der Waals surface area contributed by atoms with Crippen LogP contribution in [0.25, 0.3) is 0 Å². The summed E-state index contributed by atoms with van der Waals surface area (Å²) < 4.78 is 18.3. The molecule has 114 valence electrons. The van der Waals surface area contributed by atoms with Gasteiger partial charge in [-0.15, -0.1) is 11.3 Å². The van der Waals surface area contributed by atoms with Crippen LogP contribution >= 0.6 is 35.2 Å². The summed E-state index contributed by atoms with van der Waals surface area (Å²) in [5.41, 5.74) is 1.66. The number of rotatable bonds is 4. The van der Waals surface area contributed by atoms with Crippen LogP contribution in [-0.4, -0.2) is 23.8 Å². The highest BCUT2D eigenvalue weighted by Crippen LogP contribution is 2.28. The van der Waals surface area contributed by atoms with E-state index in [1.165, 1.54) is 11.3 Å². The topological polar surface area (TPSA) is 50.4 Å². The zero-order chi connectivity index (χ0) is 15.6. The minimum absolute atomic E-state index is 0.0659. The number of aryl methyl sites for hydroxylation is 1. The maximum Gasteiger partial charge on any atom is 0.338 e. The molecule has 1 atom stereocenters. The normalized spacial score (nSPS) is 18.3. The highest BCUT2D eigenvalue weighted by molar-refractivity contribution is 7.80. The van der Waals surface area contributed by atoms with E-state index >= 15 is 0 Å². The Hall–Kier alpha value is -1.18. The molecule has 0 spiro atoms. The van der Waals surface area contributed by atoms with Crippen molar-refractivity contribution in [2.45, 2.75) is 26.5 Å². The largest absolute Gasteiger partial charge is 0.456 e. The number of allylic oxidation sites excluding steroid dienone is 1. The smallest absolute Gasteiger partial charge is 0.338 e. The number of halogens is 2. The molecule has 0 amide bonds. The quantitative estimate of drug-likeness (QED) is 0.647. The number of thiophene rings is 1. The lowest BCUT2D eigenvalue weighted by Crippen LogP contribution is -2.50. The number of esters is 1. The van der Waals surface area contributed by atoms with E-state index < -0.39 is 18.7 Å². The number of hydrogen-bond donors (Lipinski definition) is 2. The van der Waals surface area contributed by atoms with Gasteiger partial charge in [0, 0.05) is 5.70 Å². The first-order valence-corrected chi connectivity index (χ1v) is 7.84. The van der Waals surface area contributed by atoms with Crippen LogP contribution in [0.15, 0.2) is 16.7 Å². The van der Waals surface area contributed by atoms with E-state index in [1.54, 1.807) is 6.92 Å². The monoisotopic (exact) mass is 348 g/mol. The van der Waals surface area contributed by atoms with Gasteiger partial charge in [0.05, 0.1) is 21.5 Å². The van der Waals surface area contributed by atoms with E-state index in [1.807, 2.05) is 12.3 Å². The second-order valence-electron chi connectivity index (χ2n) is 4.58. The van der Waals surface area contributed by atoms with Crippen molar-refractivity contribution in [3.63, 3.8) is 0 Å². The molecule has 1 unspecified atom stereocenters. The number of ether oxygens (including phenoxy) is 1. The fourth-order valence-electron chi connectivity index (χ4n) is 1.97. The van der Waals surface area contributed by atoms with Crippen molar-refractivity contribution < 1.29 is 13.9 Å². The predicted molar refractivity (Wildman–Crippen MR) is 85.2 cm³/mol. The molecule has 0 saturated carbocycles. The molecule has 1 aromatic heterocycles. The molecule has 2 rings (SSSR count). The second kappa shape index (κ2) is 6.72. The Morgan fingerprint density at radius 3 is 2.86 bits per heavy atom. The van der Waals surface area contributed by atoms with Gasteiger partial charge in [0.1, 0.15) is 13.3 Å². The minimum Gasteiger partial charge on any atom is -0.456 e. The summed E-state index contributed by atoms with van der Waals surface area (Å²) in [4.78, 5) is 12.9. The molecule has 0 fully saturated rings. The van der Waals surface area contributed by atoms with Crippen molar-refractivity contribution in [2.24, 2.45) is 0 Å². The third-order valence-corrected chi connectivity index (χ3v) is 4.97. The molecule has 1 aromatic rings. The average Bonchev–Trinajstić information content (AvgIpc) is 2.75. The van der Waals surface area contributed by atoms with Crippen molar-refractivity contribution >= 4 is 46.2 Å². The van der Waals surface area contributed by atoms with E-state index in [0.29, 0.717) is 15.8 Å². The van der Waals surface area contributed by atoms with Crippen LogP contribution in [0.2, 0.25) is 5.02 Å². The van der Waals surface area contributed by atoms with Gasteiger partial charge in [0.2, 0.25) is 0 Å². The number of alkyl halides is 1. The van der Waals surface area contributed by atoms with Crippen molar-refractivity contribution in [3.05, 3.63) is 32.1 Å². The van der Waals surface area contributed by atoms with Gasteiger partial charge in [0.15, 0.2) is 5.11 Å². The van der Waals surface area contributed by atoms with Crippen LogP contribution in [-0.2, 0) is 16.1 Å². The molecular formula is C13H14ClFN2O2S2. The summed E-state index contributed by atoms with van der Waals surface area (Å²) in [7, 11) is 0. The predicted octanol–water partition coefficient (Wildman–Crippen LogP) is 2.84. The number of carbonyl (C=O) groups excluding carboxylic acids is 1. The number of thiocarbonyl (C=S) groups is 1. The lowest BCUT2D eigenvalue weighted by molar-refractivity contribution is -0.140. The molecular weight excluding hydrogens is 335 g/mol. The van der Waals surface area contributed by atoms with Crippen LogP contribution in [0.5, 0.6) is 0 Å². The number of carbonyl (C=O) groups is 1. The Morgan fingerprint density at radius 1 is 1.57 bits per heavy atom. The number of nitrogens with one attached hydrogen (secondary N) is 2. The fourth-order valence-corrected chi connectivity index (χ4v) is 3.40. The molecule has 0 aromatic carbocycles. The molecule has 8 heteroatoms. The van der Waals surface area contributed by atoms with E-state index in [9.17, 15) is 9.18 Å². The van der Waals surface area contributed by atoms with Crippen LogP contribution in [0, 0.1) is 6.92 Å². The van der Waals surface area contributed by atoms with Crippen LogP contribution in [0.3, 0.4) is 0 Å². The average molecular weight is 349 g/mol. The van der Waals surface area contributed by atoms with Gasteiger partial charge < -0.3 is 15.4 Å². The highest BCUT2D eigenvalue weighted by atomic mass is 35.5. The maximum absolute atomic E-state index is 13.1. The molecule has 21 heavy (non-hydrogen) atoms. The summed E-state index contributed by atoms with van der Waals surface area (Å²) in [6.07, 6.45) is 0. The lowest BCUT2D eigenvalue weighted by Gasteiger charge is -2.27. The van der Waals surface area contributed by atoms with Crippen molar-refractivity contribution in [3.8, 4) is 0 Å². The number of hydrogen-bond acceptors (Lipinski definition) is 4. The van der Waals surface area contributed by atoms with Gasteiger partial charge in [-0.1, -0.05) is 11.6 Å². The Morgan fingerprint density at radius 2 is 2.29 bits per heavy atom. The Bertz CT molecular complexity index is 615. The molecule has 0 radical (unpaired) electrons. The molecule has 0 bridgehead atoms. The minimum atomic E-state index is -0.785. The van der Waals surface area contributed by atoms with Crippen LogP contribution in [0.4, 0.5) is 4.39 Å². The van der Waals surface area contributed by atoms with E-state index in [2.05, 4.69) is 10.6 Å². The van der Waals surface area contributed by atoms with E-state index in [4.69, 9.17) is 28.6 Å². The first-order valence-electron chi connectivity index (χ1n) is 6.17. The zero-order valence-electron chi connectivity index (χ0n) is 11.5. The van der Waals surface area contributed by atoms with Crippen molar-refractivity contribution in [1.29, 1.82) is 0 Å². The van der Waals surface area contributed by atoms with Gasteiger partial charge >= 0.3 is 5.97 Å². The van der Waals surface area contributed by atoms with Crippen molar-refractivity contribution in [2.75, 3.05) is 6.67 Å². The molecule has 0 aliphatic carbocycles. The summed E-state index contributed by atoms with van der Waals surface area (Å²) >= 11 is 12.4. The maximum atomic E-state index is 13.1. The van der Waals surface area contributed by atoms with E-state index in [0.717, 1.165) is 10.4 Å². The SMILES string of the molecule is CC1=C(C(=O)OCc2scc(C)c2Cl)C(CF)NC(=S)N1. The molecule has 4 nitrogen and oxygen atoms in total. The molecule has 0 saturated heterocycles. The first-order chi connectivity index (χ1) is 9.93. The summed E-state index contributed by atoms with van der Waals surface area (Å²) in [5.74, 6) is -0.584. The van der Waals surface area contributed by atoms with Gasteiger partial charge in [-0.05, 0) is 37.0 Å². The fraction of sp³-hybridized carbons (Fsp3) is 0.385. The molecule has 2 N–H and O–H groups in total. The van der Waals surface area contributed by atoms with Gasteiger partial charge in [-0.25, -0.2) is 9.18 Å². The third kappa shape index (κ3) is 3.53. The van der Waals surface area contributed by atoms with E-state index in [-0.39, 0.29) is 12.2 Å². The van der Waals surface area contributed by atoms with Gasteiger partial charge in [-0.3, -0.25) is 0 Å². The molecule has 2 heterocycles. The molecule has 1 aliphatic rings. The second-order valence-corrected chi connectivity index (χ2v) is 6.33. The van der Waals surface area contributed by atoms with Gasteiger partial charge in [0.25, 0.3) is 0 Å². The summed E-state index contributed by atoms with van der Waals surface area (Å²) in [6.45, 7) is 2.86. The third-order valence-electron chi connectivity index (χ3n) is 3.04. The van der Waals surface area contributed by atoms with Crippen molar-refractivity contribution in [1.82, 2.24) is 10.6 Å². The summed E-state index contributed by atoms with van der Waals surface area (Å²) in [5, 5.41) is 8.29. The van der Waals surface area contributed by atoms with Crippen LogP contribution < -0.4 is 10.6 Å². The lowest BCUT2D eigenvalue weighted by atomic mass is 10.0. The Labute approximate surface area is 136 Å².